The Morgan fingerprint density at radius 3 is 2.65 bits per heavy atom. The van der Waals surface area contributed by atoms with Gasteiger partial charge in [-0.1, -0.05) is 24.3 Å². The Hall–Kier alpha value is -1.72. The average Bonchev–Trinajstić information content (AvgIpc) is 2.34. The maximum absolute atomic E-state index is 10.8. The summed E-state index contributed by atoms with van der Waals surface area (Å²) in [4.78, 5) is 21.4. The molecule has 0 heterocycles. The van der Waals surface area contributed by atoms with Crippen LogP contribution < -0.4 is 5.32 Å². The lowest BCUT2D eigenvalue weighted by molar-refractivity contribution is -0.119. The van der Waals surface area contributed by atoms with Gasteiger partial charge in [0.25, 0.3) is 0 Å². The van der Waals surface area contributed by atoms with Crippen molar-refractivity contribution in [1.29, 1.82) is 0 Å². The van der Waals surface area contributed by atoms with E-state index < -0.39 is 12.2 Å². The number of amides is 1. The van der Waals surface area contributed by atoms with Gasteiger partial charge in [0.2, 0.25) is 5.91 Å². The maximum atomic E-state index is 10.8. The fourth-order valence-corrected chi connectivity index (χ4v) is 1.45. The number of rotatable bonds is 5. The van der Waals surface area contributed by atoms with Crippen LogP contribution in [0.1, 0.15) is 28.9 Å². The summed E-state index contributed by atoms with van der Waals surface area (Å²) in [6.45, 7) is 1.25. The Kier molecular flexibility index (Phi) is 4.81. The molecule has 1 aromatic rings. The molecule has 2 atom stereocenters. The number of benzene rings is 1. The summed E-state index contributed by atoms with van der Waals surface area (Å²) in [6.07, 6.45) is -1.74. The summed E-state index contributed by atoms with van der Waals surface area (Å²) in [6, 6.07) is 6.44. The third-order valence-corrected chi connectivity index (χ3v) is 2.37. The first-order chi connectivity index (χ1) is 8.06. The standard InChI is InChI=1S/C12H15NO4/c1-8(15)13-6-11(16)12(17)10-5-3-2-4-9(10)7-14/h2-5,7,11-12,16-17H,6H2,1H3,(H,13,15). The van der Waals surface area contributed by atoms with Crippen molar-refractivity contribution in [2.24, 2.45) is 0 Å². The predicted octanol–water partition coefficient (Wildman–Crippen LogP) is 0.0295. The first-order valence-corrected chi connectivity index (χ1v) is 5.21. The van der Waals surface area contributed by atoms with Crippen molar-refractivity contribution < 1.29 is 19.8 Å². The zero-order chi connectivity index (χ0) is 12.8. The Morgan fingerprint density at radius 2 is 2.06 bits per heavy atom. The molecule has 0 fully saturated rings. The minimum atomic E-state index is -1.21. The zero-order valence-electron chi connectivity index (χ0n) is 9.46. The second-order valence-corrected chi connectivity index (χ2v) is 3.70. The van der Waals surface area contributed by atoms with Gasteiger partial charge in [-0.2, -0.15) is 0 Å². The molecule has 1 aromatic carbocycles. The van der Waals surface area contributed by atoms with Gasteiger partial charge in [0, 0.05) is 19.0 Å². The van der Waals surface area contributed by atoms with Crippen LogP contribution in [-0.2, 0) is 4.79 Å². The monoisotopic (exact) mass is 237 g/mol. The van der Waals surface area contributed by atoms with Gasteiger partial charge >= 0.3 is 0 Å². The molecule has 5 heteroatoms. The van der Waals surface area contributed by atoms with Crippen LogP contribution in [0.5, 0.6) is 0 Å². The van der Waals surface area contributed by atoms with Crippen LogP contribution >= 0.6 is 0 Å². The van der Waals surface area contributed by atoms with E-state index in [-0.39, 0.29) is 12.5 Å². The molecule has 17 heavy (non-hydrogen) atoms. The SMILES string of the molecule is CC(=O)NCC(O)C(O)c1ccccc1C=O. The highest BCUT2D eigenvalue weighted by Crippen LogP contribution is 2.19. The van der Waals surface area contributed by atoms with E-state index in [2.05, 4.69) is 5.32 Å². The number of aliphatic hydroxyl groups excluding tert-OH is 2. The van der Waals surface area contributed by atoms with Gasteiger partial charge in [-0.25, -0.2) is 0 Å². The molecule has 0 aliphatic rings. The van der Waals surface area contributed by atoms with E-state index in [9.17, 15) is 19.8 Å². The Balaban J connectivity index is 2.77. The van der Waals surface area contributed by atoms with Crippen molar-refractivity contribution in [3.05, 3.63) is 35.4 Å². The molecule has 0 saturated heterocycles. The van der Waals surface area contributed by atoms with E-state index in [1.54, 1.807) is 24.3 Å². The van der Waals surface area contributed by atoms with Crippen LogP contribution in [0, 0.1) is 0 Å². The fraction of sp³-hybridized carbons (Fsp3) is 0.333. The van der Waals surface area contributed by atoms with Crippen LogP contribution in [0.2, 0.25) is 0 Å². The summed E-state index contributed by atoms with van der Waals surface area (Å²) >= 11 is 0. The Bertz CT molecular complexity index is 405. The number of aldehydes is 1. The minimum Gasteiger partial charge on any atom is -0.388 e. The van der Waals surface area contributed by atoms with Crippen LogP contribution in [0.3, 0.4) is 0 Å². The van der Waals surface area contributed by atoms with Crippen molar-refractivity contribution in [2.75, 3.05) is 6.54 Å². The van der Waals surface area contributed by atoms with Crippen LogP contribution in [0.15, 0.2) is 24.3 Å². The highest BCUT2D eigenvalue weighted by atomic mass is 16.3. The molecule has 0 aliphatic heterocycles. The van der Waals surface area contributed by atoms with E-state index in [1.807, 2.05) is 0 Å². The number of hydrogen-bond donors (Lipinski definition) is 3. The lowest BCUT2D eigenvalue weighted by atomic mass is 9.99. The van der Waals surface area contributed by atoms with Crippen molar-refractivity contribution in [3.8, 4) is 0 Å². The summed E-state index contributed by atoms with van der Waals surface area (Å²) in [5, 5.41) is 21.9. The molecule has 1 rings (SSSR count). The van der Waals surface area contributed by atoms with Gasteiger partial charge in [-0.15, -0.1) is 0 Å². The summed E-state index contributed by atoms with van der Waals surface area (Å²) in [5.41, 5.74) is 0.669. The number of nitrogens with one attached hydrogen (secondary N) is 1. The number of carbonyl (C=O) groups excluding carboxylic acids is 2. The first-order valence-electron chi connectivity index (χ1n) is 5.21. The molecule has 1 amide bonds. The molecule has 3 N–H and O–H groups in total. The van der Waals surface area contributed by atoms with Crippen LogP contribution in [0.4, 0.5) is 0 Å². The average molecular weight is 237 g/mol. The second kappa shape index (κ2) is 6.12. The Morgan fingerprint density at radius 1 is 1.41 bits per heavy atom. The van der Waals surface area contributed by atoms with Crippen molar-refractivity contribution in [1.82, 2.24) is 5.32 Å². The quantitative estimate of drug-likeness (QED) is 0.630. The smallest absolute Gasteiger partial charge is 0.216 e. The van der Waals surface area contributed by atoms with Gasteiger partial charge in [0.15, 0.2) is 0 Å². The van der Waals surface area contributed by atoms with Crippen LogP contribution in [0.25, 0.3) is 0 Å². The van der Waals surface area contributed by atoms with Gasteiger partial charge in [0.1, 0.15) is 18.5 Å². The van der Waals surface area contributed by atoms with Crippen molar-refractivity contribution >= 4 is 12.2 Å². The number of hydrogen-bond acceptors (Lipinski definition) is 4. The van der Waals surface area contributed by atoms with Crippen molar-refractivity contribution in [2.45, 2.75) is 19.1 Å². The lowest BCUT2D eigenvalue weighted by Crippen LogP contribution is -2.34. The molecule has 2 unspecified atom stereocenters. The van der Waals surface area contributed by atoms with E-state index in [0.29, 0.717) is 17.4 Å². The van der Waals surface area contributed by atoms with E-state index in [1.165, 1.54) is 6.92 Å². The highest BCUT2D eigenvalue weighted by Gasteiger charge is 2.20. The molecule has 0 bridgehead atoms. The molecule has 0 spiro atoms. The molecular formula is C12H15NO4. The highest BCUT2D eigenvalue weighted by molar-refractivity contribution is 5.77. The van der Waals surface area contributed by atoms with Crippen molar-refractivity contribution in [3.63, 3.8) is 0 Å². The molecule has 0 aromatic heterocycles. The fourth-order valence-electron chi connectivity index (χ4n) is 1.45. The summed E-state index contributed by atoms with van der Waals surface area (Å²) in [5.74, 6) is -0.292. The molecule has 0 aliphatic carbocycles. The zero-order valence-corrected chi connectivity index (χ0v) is 9.46. The van der Waals surface area contributed by atoms with Gasteiger partial charge < -0.3 is 15.5 Å². The van der Waals surface area contributed by atoms with Gasteiger partial charge in [0.05, 0.1) is 0 Å². The third kappa shape index (κ3) is 3.65. The summed E-state index contributed by atoms with van der Waals surface area (Å²) < 4.78 is 0. The second-order valence-electron chi connectivity index (χ2n) is 3.70. The van der Waals surface area contributed by atoms with E-state index >= 15 is 0 Å². The largest absolute Gasteiger partial charge is 0.388 e. The van der Waals surface area contributed by atoms with E-state index in [4.69, 9.17) is 0 Å². The molecule has 92 valence electrons. The summed E-state index contributed by atoms with van der Waals surface area (Å²) in [7, 11) is 0. The lowest BCUT2D eigenvalue weighted by Gasteiger charge is -2.19. The van der Waals surface area contributed by atoms with Crippen LogP contribution in [-0.4, -0.2) is 35.1 Å². The van der Waals surface area contributed by atoms with E-state index in [0.717, 1.165) is 0 Å². The maximum Gasteiger partial charge on any atom is 0.216 e. The minimum absolute atomic E-state index is 0.0658. The predicted molar refractivity (Wildman–Crippen MR) is 61.5 cm³/mol. The molecular weight excluding hydrogens is 222 g/mol. The topological polar surface area (TPSA) is 86.6 Å². The molecule has 0 radical (unpaired) electrons. The molecule has 5 nitrogen and oxygen atoms in total. The van der Waals surface area contributed by atoms with Gasteiger partial charge in [-0.3, -0.25) is 9.59 Å². The third-order valence-electron chi connectivity index (χ3n) is 2.37. The first kappa shape index (κ1) is 13.3. The number of carbonyl (C=O) groups is 2. The normalized spacial score (nSPS) is 13.8. The molecule has 0 saturated carbocycles. The van der Waals surface area contributed by atoms with Gasteiger partial charge in [-0.05, 0) is 5.56 Å². The number of aliphatic hydroxyl groups is 2. The Labute approximate surface area is 99.1 Å².